The van der Waals surface area contributed by atoms with Crippen molar-refractivity contribution < 1.29 is 19.1 Å². The molecular formula is C18H19BrN2O4. The zero-order valence-electron chi connectivity index (χ0n) is 14.0. The minimum absolute atomic E-state index is 0.326. The van der Waals surface area contributed by atoms with Gasteiger partial charge < -0.3 is 9.47 Å². The molecule has 0 saturated carbocycles. The number of nitrogens with one attached hydrogen (secondary N) is 1. The molecule has 7 heteroatoms. The van der Waals surface area contributed by atoms with Crippen LogP contribution in [0.1, 0.15) is 5.56 Å². The fourth-order valence-electron chi connectivity index (χ4n) is 2.22. The van der Waals surface area contributed by atoms with Crippen LogP contribution < -0.4 is 15.0 Å². The Balaban J connectivity index is 2.17. The Morgan fingerprint density at radius 1 is 1.16 bits per heavy atom. The highest BCUT2D eigenvalue weighted by Gasteiger charge is 2.19. The van der Waals surface area contributed by atoms with Gasteiger partial charge >= 0.3 is 12.2 Å². The van der Waals surface area contributed by atoms with Gasteiger partial charge in [0.2, 0.25) is 0 Å². The summed E-state index contributed by atoms with van der Waals surface area (Å²) in [7, 11) is 1.28. The molecule has 0 radical (unpaired) electrons. The molecule has 0 unspecified atom stereocenters. The number of aryl methyl sites for hydroxylation is 1. The smallest absolute Gasteiger partial charge is 0.419 e. The number of anilines is 2. The van der Waals surface area contributed by atoms with Crippen molar-refractivity contribution in [3.63, 3.8) is 0 Å². The van der Waals surface area contributed by atoms with E-state index in [9.17, 15) is 9.59 Å². The van der Waals surface area contributed by atoms with E-state index in [1.165, 1.54) is 7.11 Å². The van der Waals surface area contributed by atoms with Crippen molar-refractivity contribution in [2.45, 2.75) is 6.92 Å². The fraction of sp³-hybridized carbons (Fsp3) is 0.222. The molecule has 0 heterocycles. The lowest BCUT2D eigenvalue weighted by atomic mass is 10.2. The topological polar surface area (TPSA) is 67.9 Å². The van der Waals surface area contributed by atoms with Crippen LogP contribution in [0.2, 0.25) is 0 Å². The molecule has 25 heavy (non-hydrogen) atoms. The lowest BCUT2D eigenvalue weighted by Crippen LogP contribution is -2.35. The van der Waals surface area contributed by atoms with E-state index in [2.05, 4.69) is 26.0 Å². The highest BCUT2D eigenvalue weighted by Crippen LogP contribution is 2.23. The molecule has 0 aliphatic heterocycles. The van der Waals surface area contributed by atoms with Crippen molar-refractivity contribution in [3.05, 3.63) is 54.1 Å². The van der Waals surface area contributed by atoms with Crippen LogP contribution in [0.4, 0.5) is 21.0 Å². The van der Waals surface area contributed by atoms with Crippen LogP contribution in [0.15, 0.2) is 48.5 Å². The number of carbonyl (C=O) groups excluding carboxylic acids is 2. The molecular weight excluding hydrogens is 388 g/mol. The first-order chi connectivity index (χ1) is 12.0. The molecule has 0 aromatic heterocycles. The van der Waals surface area contributed by atoms with E-state index in [0.29, 0.717) is 23.3 Å². The fourth-order valence-corrected chi connectivity index (χ4v) is 2.58. The van der Waals surface area contributed by atoms with Crippen LogP contribution >= 0.6 is 15.9 Å². The Hall–Kier alpha value is -2.54. The maximum absolute atomic E-state index is 12.6. The van der Waals surface area contributed by atoms with Gasteiger partial charge in [-0.2, -0.15) is 0 Å². The lowest BCUT2D eigenvalue weighted by molar-refractivity contribution is 0.187. The highest BCUT2D eigenvalue weighted by molar-refractivity contribution is 9.09. The molecule has 0 aliphatic carbocycles. The summed E-state index contributed by atoms with van der Waals surface area (Å²) in [6.07, 6.45) is -1.09. The molecule has 0 bridgehead atoms. The molecule has 2 rings (SSSR count). The molecule has 0 aliphatic rings. The number of halogens is 1. The van der Waals surface area contributed by atoms with Crippen molar-refractivity contribution in [2.75, 3.05) is 29.2 Å². The summed E-state index contributed by atoms with van der Waals surface area (Å²) in [5.41, 5.74) is 2.23. The molecule has 0 saturated heterocycles. The molecule has 132 valence electrons. The molecule has 0 atom stereocenters. The second-order valence-electron chi connectivity index (χ2n) is 5.14. The molecule has 2 aromatic carbocycles. The van der Waals surface area contributed by atoms with Crippen molar-refractivity contribution in [1.29, 1.82) is 0 Å². The van der Waals surface area contributed by atoms with Crippen LogP contribution in [-0.4, -0.2) is 31.2 Å². The maximum Gasteiger partial charge on any atom is 0.419 e. The van der Waals surface area contributed by atoms with Gasteiger partial charge in [-0.15, -0.1) is 0 Å². The first-order valence-electron chi connectivity index (χ1n) is 7.61. The SMILES string of the molecule is COC(=O)Nc1cccc(OC(=O)N(CCBr)c2ccccc2C)c1. The first kappa shape index (κ1) is 18.8. The molecule has 0 fully saturated rings. The lowest BCUT2D eigenvalue weighted by Gasteiger charge is -2.23. The van der Waals surface area contributed by atoms with E-state index in [4.69, 9.17) is 4.74 Å². The Bertz CT molecular complexity index is 751. The monoisotopic (exact) mass is 406 g/mol. The van der Waals surface area contributed by atoms with E-state index in [1.807, 2.05) is 31.2 Å². The van der Waals surface area contributed by atoms with Gasteiger partial charge in [-0.1, -0.05) is 40.2 Å². The number of carbonyl (C=O) groups is 2. The quantitative estimate of drug-likeness (QED) is 0.738. The predicted octanol–water partition coefficient (Wildman–Crippen LogP) is 4.57. The third kappa shape index (κ3) is 5.22. The second-order valence-corrected chi connectivity index (χ2v) is 5.93. The van der Waals surface area contributed by atoms with Crippen molar-refractivity contribution in [1.82, 2.24) is 0 Å². The van der Waals surface area contributed by atoms with Gasteiger partial charge in [-0.05, 0) is 30.7 Å². The van der Waals surface area contributed by atoms with Crippen molar-refractivity contribution in [2.24, 2.45) is 0 Å². The summed E-state index contributed by atoms with van der Waals surface area (Å²) >= 11 is 3.36. The van der Waals surface area contributed by atoms with Gasteiger partial charge in [0.05, 0.1) is 7.11 Å². The summed E-state index contributed by atoms with van der Waals surface area (Å²) < 4.78 is 10.0. The maximum atomic E-state index is 12.6. The molecule has 2 aromatic rings. The number of methoxy groups -OCH3 is 1. The summed E-state index contributed by atoms with van der Waals surface area (Å²) in [6.45, 7) is 2.40. The Kier molecular flexibility index (Phi) is 6.82. The number of ether oxygens (including phenoxy) is 2. The summed E-state index contributed by atoms with van der Waals surface area (Å²) in [6, 6.07) is 14.1. The number of hydrogen-bond acceptors (Lipinski definition) is 4. The number of para-hydroxylation sites is 1. The Labute approximate surface area is 154 Å². The number of amides is 2. The van der Waals surface area contributed by atoms with Gasteiger partial charge in [-0.3, -0.25) is 10.2 Å². The summed E-state index contributed by atoms with van der Waals surface area (Å²) in [5.74, 6) is 0.326. The Morgan fingerprint density at radius 2 is 1.92 bits per heavy atom. The average Bonchev–Trinajstić information content (AvgIpc) is 2.60. The second kappa shape index (κ2) is 9.08. The van der Waals surface area contributed by atoms with E-state index in [-0.39, 0.29) is 0 Å². The van der Waals surface area contributed by atoms with Gasteiger partial charge in [-0.25, -0.2) is 9.59 Å². The number of nitrogens with zero attached hydrogens (tertiary/aromatic N) is 1. The third-order valence-corrected chi connectivity index (χ3v) is 3.76. The zero-order valence-corrected chi connectivity index (χ0v) is 15.6. The summed E-state index contributed by atoms with van der Waals surface area (Å²) in [5, 5.41) is 3.14. The standard InChI is InChI=1S/C18H19BrN2O4/c1-13-6-3-4-9-16(13)21(11-10-19)18(23)25-15-8-5-7-14(12-15)20-17(22)24-2/h3-9,12H,10-11H2,1-2H3,(H,20,22). The van der Waals surface area contributed by atoms with E-state index in [1.54, 1.807) is 29.2 Å². The first-order valence-corrected chi connectivity index (χ1v) is 8.73. The molecule has 2 amide bonds. The number of benzene rings is 2. The number of rotatable bonds is 5. The van der Waals surface area contributed by atoms with Gasteiger partial charge in [0.15, 0.2) is 0 Å². The van der Waals surface area contributed by atoms with Crippen LogP contribution in [-0.2, 0) is 4.74 Å². The van der Waals surface area contributed by atoms with Crippen LogP contribution in [0.5, 0.6) is 5.75 Å². The molecule has 6 nitrogen and oxygen atoms in total. The van der Waals surface area contributed by atoms with Gasteiger partial charge in [0.25, 0.3) is 0 Å². The molecule has 0 spiro atoms. The largest absolute Gasteiger partial charge is 0.453 e. The van der Waals surface area contributed by atoms with Gasteiger partial charge in [0, 0.05) is 29.3 Å². The van der Waals surface area contributed by atoms with Crippen molar-refractivity contribution in [3.8, 4) is 5.75 Å². The third-order valence-electron chi connectivity index (χ3n) is 3.41. The zero-order chi connectivity index (χ0) is 18.2. The van der Waals surface area contributed by atoms with E-state index < -0.39 is 12.2 Å². The van der Waals surface area contributed by atoms with Crippen LogP contribution in [0.3, 0.4) is 0 Å². The van der Waals surface area contributed by atoms with E-state index >= 15 is 0 Å². The van der Waals surface area contributed by atoms with E-state index in [0.717, 1.165) is 11.3 Å². The minimum atomic E-state index is -0.593. The predicted molar refractivity (Wildman–Crippen MR) is 101 cm³/mol. The van der Waals surface area contributed by atoms with Crippen molar-refractivity contribution >= 4 is 39.5 Å². The average molecular weight is 407 g/mol. The van der Waals surface area contributed by atoms with Crippen LogP contribution in [0.25, 0.3) is 0 Å². The summed E-state index contributed by atoms with van der Waals surface area (Å²) in [4.78, 5) is 25.5. The Morgan fingerprint density at radius 3 is 2.60 bits per heavy atom. The normalized spacial score (nSPS) is 10.0. The number of alkyl halides is 1. The number of hydrogen-bond donors (Lipinski definition) is 1. The minimum Gasteiger partial charge on any atom is -0.453 e. The van der Waals surface area contributed by atoms with Crippen LogP contribution in [0, 0.1) is 6.92 Å². The van der Waals surface area contributed by atoms with Gasteiger partial charge in [0.1, 0.15) is 5.75 Å². The molecule has 1 N–H and O–H groups in total. The highest BCUT2D eigenvalue weighted by atomic mass is 79.9.